The summed E-state index contributed by atoms with van der Waals surface area (Å²) in [5, 5.41) is 8.98. The van der Waals surface area contributed by atoms with Crippen molar-refractivity contribution in [3.8, 4) is 0 Å². The molecular formula is C13H20N4O4S. The Morgan fingerprint density at radius 2 is 2.09 bits per heavy atom. The maximum atomic E-state index is 12.4. The normalized spacial score (nSPS) is 17.0. The van der Waals surface area contributed by atoms with Crippen LogP contribution < -0.4 is 4.72 Å². The topological polar surface area (TPSA) is 103 Å². The molecule has 1 saturated heterocycles. The number of aromatic nitrogens is 1. The highest BCUT2D eigenvalue weighted by Crippen LogP contribution is 2.13. The lowest BCUT2D eigenvalue weighted by atomic mass is 10.3. The Labute approximate surface area is 129 Å². The molecule has 0 atom stereocenters. The number of carboxylic acid groups (broad SMARTS) is 1. The number of hydrogen-bond acceptors (Lipinski definition) is 4. The van der Waals surface area contributed by atoms with Crippen LogP contribution in [0.2, 0.25) is 0 Å². The Morgan fingerprint density at radius 3 is 2.77 bits per heavy atom. The molecule has 0 aromatic carbocycles. The lowest BCUT2D eigenvalue weighted by Crippen LogP contribution is -2.39. The van der Waals surface area contributed by atoms with Crippen molar-refractivity contribution in [1.82, 2.24) is 14.2 Å². The SMILES string of the molecule is CCc1cccc(NS(=O)(=O)N2CCCN(C(=O)O)CC2)n1. The summed E-state index contributed by atoms with van der Waals surface area (Å²) >= 11 is 0. The van der Waals surface area contributed by atoms with Crippen LogP contribution in [0.1, 0.15) is 19.0 Å². The number of nitrogens with zero attached hydrogens (tertiary/aromatic N) is 3. The van der Waals surface area contributed by atoms with Gasteiger partial charge in [-0.25, -0.2) is 9.78 Å². The molecule has 0 aliphatic carbocycles. The van der Waals surface area contributed by atoms with Crippen molar-refractivity contribution in [1.29, 1.82) is 0 Å². The molecule has 1 amide bonds. The zero-order chi connectivity index (χ0) is 16.2. The van der Waals surface area contributed by atoms with E-state index < -0.39 is 16.3 Å². The molecule has 0 saturated carbocycles. The van der Waals surface area contributed by atoms with Crippen molar-refractivity contribution in [3.05, 3.63) is 23.9 Å². The van der Waals surface area contributed by atoms with Crippen molar-refractivity contribution >= 4 is 22.1 Å². The number of rotatable bonds is 4. The molecule has 1 fully saturated rings. The van der Waals surface area contributed by atoms with Crippen LogP contribution in [-0.4, -0.2) is 60.0 Å². The summed E-state index contributed by atoms with van der Waals surface area (Å²) < 4.78 is 28.5. The fourth-order valence-corrected chi connectivity index (χ4v) is 3.45. The van der Waals surface area contributed by atoms with E-state index in [1.54, 1.807) is 12.1 Å². The lowest BCUT2D eigenvalue weighted by Gasteiger charge is -2.21. The van der Waals surface area contributed by atoms with Crippen molar-refractivity contribution in [2.45, 2.75) is 19.8 Å². The van der Waals surface area contributed by atoms with Gasteiger partial charge in [0.25, 0.3) is 0 Å². The minimum Gasteiger partial charge on any atom is -0.465 e. The Hall–Kier alpha value is -1.87. The van der Waals surface area contributed by atoms with E-state index in [1.165, 1.54) is 9.21 Å². The second-order valence-electron chi connectivity index (χ2n) is 5.00. The smallest absolute Gasteiger partial charge is 0.407 e. The first-order valence-corrected chi connectivity index (χ1v) is 8.58. The van der Waals surface area contributed by atoms with Crippen LogP contribution in [0.25, 0.3) is 0 Å². The molecule has 122 valence electrons. The van der Waals surface area contributed by atoms with Gasteiger partial charge in [-0.2, -0.15) is 12.7 Å². The fraction of sp³-hybridized carbons (Fsp3) is 0.538. The second kappa shape index (κ2) is 6.93. The second-order valence-corrected chi connectivity index (χ2v) is 6.67. The van der Waals surface area contributed by atoms with Crippen LogP contribution in [0, 0.1) is 0 Å². The summed E-state index contributed by atoms with van der Waals surface area (Å²) in [6.45, 7) is 2.86. The average Bonchev–Trinajstić information content (AvgIpc) is 2.73. The van der Waals surface area contributed by atoms with E-state index in [4.69, 9.17) is 5.11 Å². The Morgan fingerprint density at radius 1 is 1.32 bits per heavy atom. The summed E-state index contributed by atoms with van der Waals surface area (Å²) in [5.74, 6) is 0.277. The molecule has 9 heteroatoms. The lowest BCUT2D eigenvalue weighted by molar-refractivity contribution is 0.147. The molecule has 0 bridgehead atoms. The molecule has 2 rings (SSSR count). The van der Waals surface area contributed by atoms with Gasteiger partial charge in [0.05, 0.1) is 0 Å². The molecule has 0 radical (unpaired) electrons. The van der Waals surface area contributed by atoms with E-state index in [9.17, 15) is 13.2 Å². The molecule has 1 aromatic rings. The third kappa shape index (κ3) is 4.08. The highest BCUT2D eigenvalue weighted by Gasteiger charge is 2.26. The van der Waals surface area contributed by atoms with Crippen LogP contribution in [0.5, 0.6) is 0 Å². The van der Waals surface area contributed by atoms with Crippen LogP contribution in [-0.2, 0) is 16.6 Å². The molecule has 0 unspecified atom stereocenters. The summed E-state index contributed by atoms with van der Waals surface area (Å²) in [6.07, 6.45) is 0.159. The van der Waals surface area contributed by atoms with Gasteiger partial charge in [0.1, 0.15) is 5.82 Å². The van der Waals surface area contributed by atoms with Crippen molar-refractivity contribution in [2.24, 2.45) is 0 Å². The zero-order valence-electron chi connectivity index (χ0n) is 12.4. The Kier molecular flexibility index (Phi) is 5.19. The molecule has 1 aliphatic heterocycles. The number of aryl methyl sites for hydroxylation is 1. The summed E-state index contributed by atoms with van der Waals surface area (Å²) in [4.78, 5) is 16.4. The summed E-state index contributed by atoms with van der Waals surface area (Å²) in [5.41, 5.74) is 0.799. The first-order valence-electron chi connectivity index (χ1n) is 7.14. The van der Waals surface area contributed by atoms with Crippen LogP contribution in [0.4, 0.5) is 10.6 Å². The maximum Gasteiger partial charge on any atom is 0.407 e. The van der Waals surface area contributed by atoms with Crippen molar-refractivity contribution in [2.75, 3.05) is 30.9 Å². The Bertz CT molecular complexity index is 635. The standard InChI is InChI=1S/C13H20N4O4S/c1-2-11-5-3-6-12(14-11)15-22(20,21)17-8-4-7-16(9-10-17)13(18)19/h3,5-6H,2,4,7-10H2,1H3,(H,14,15)(H,18,19). The number of amides is 1. The third-order valence-electron chi connectivity index (χ3n) is 3.47. The molecule has 0 spiro atoms. The van der Waals surface area contributed by atoms with Gasteiger partial charge in [-0.05, 0) is 25.0 Å². The van der Waals surface area contributed by atoms with E-state index in [0.29, 0.717) is 19.4 Å². The van der Waals surface area contributed by atoms with Gasteiger partial charge >= 0.3 is 16.3 Å². The van der Waals surface area contributed by atoms with Gasteiger partial charge in [-0.15, -0.1) is 0 Å². The minimum absolute atomic E-state index is 0.134. The number of nitrogens with one attached hydrogen (secondary N) is 1. The van der Waals surface area contributed by atoms with Gasteiger partial charge in [0, 0.05) is 31.9 Å². The van der Waals surface area contributed by atoms with Gasteiger partial charge < -0.3 is 10.0 Å². The first-order chi connectivity index (χ1) is 10.4. The maximum absolute atomic E-state index is 12.4. The molecule has 1 aliphatic rings. The van der Waals surface area contributed by atoms with Crippen LogP contribution >= 0.6 is 0 Å². The van der Waals surface area contributed by atoms with Gasteiger partial charge in [0.2, 0.25) is 0 Å². The van der Waals surface area contributed by atoms with E-state index in [0.717, 1.165) is 5.69 Å². The number of pyridine rings is 1. The van der Waals surface area contributed by atoms with Crippen molar-refractivity contribution < 1.29 is 18.3 Å². The van der Waals surface area contributed by atoms with Crippen LogP contribution in [0.3, 0.4) is 0 Å². The van der Waals surface area contributed by atoms with Crippen LogP contribution in [0.15, 0.2) is 18.2 Å². The van der Waals surface area contributed by atoms with Gasteiger partial charge in [-0.3, -0.25) is 4.72 Å². The molecular weight excluding hydrogens is 308 g/mol. The van der Waals surface area contributed by atoms with Gasteiger partial charge in [0.15, 0.2) is 0 Å². The monoisotopic (exact) mass is 328 g/mol. The Balaban J connectivity index is 2.07. The fourth-order valence-electron chi connectivity index (χ4n) is 2.26. The third-order valence-corrected chi connectivity index (χ3v) is 4.98. The quantitative estimate of drug-likeness (QED) is 0.858. The zero-order valence-corrected chi connectivity index (χ0v) is 13.2. The van der Waals surface area contributed by atoms with E-state index in [-0.39, 0.29) is 25.5 Å². The van der Waals surface area contributed by atoms with E-state index in [2.05, 4.69) is 9.71 Å². The highest BCUT2D eigenvalue weighted by atomic mass is 32.2. The first kappa shape index (κ1) is 16.5. The molecule has 22 heavy (non-hydrogen) atoms. The molecule has 2 N–H and O–H groups in total. The number of carbonyl (C=O) groups is 1. The minimum atomic E-state index is -3.73. The van der Waals surface area contributed by atoms with Crippen molar-refractivity contribution in [3.63, 3.8) is 0 Å². The number of anilines is 1. The summed E-state index contributed by atoms with van der Waals surface area (Å²) in [7, 11) is -3.73. The largest absolute Gasteiger partial charge is 0.465 e. The van der Waals surface area contributed by atoms with E-state index in [1.807, 2.05) is 13.0 Å². The van der Waals surface area contributed by atoms with Gasteiger partial charge in [-0.1, -0.05) is 13.0 Å². The number of hydrogen-bond donors (Lipinski definition) is 2. The predicted molar refractivity (Wildman–Crippen MR) is 81.9 cm³/mol. The molecule has 2 heterocycles. The summed E-state index contributed by atoms with van der Waals surface area (Å²) in [6, 6.07) is 5.17. The highest BCUT2D eigenvalue weighted by molar-refractivity contribution is 7.90. The predicted octanol–water partition coefficient (Wildman–Crippen LogP) is 0.986. The average molecular weight is 328 g/mol. The molecule has 8 nitrogen and oxygen atoms in total. The molecule has 1 aromatic heterocycles. The van der Waals surface area contributed by atoms with E-state index >= 15 is 0 Å².